The van der Waals surface area contributed by atoms with Crippen LogP contribution in [0, 0.1) is 12.8 Å². The summed E-state index contributed by atoms with van der Waals surface area (Å²) in [6, 6.07) is 8.02. The topological polar surface area (TPSA) is 58.2 Å². The molecule has 6 heteroatoms. The molecule has 2 atom stereocenters. The Morgan fingerprint density at radius 3 is 2.30 bits per heavy atom. The first-order valence-electron chi connectivity index (χ1n) is 8.07. The van der Waals surface area contributed by atoms with Gasteiger partial charge in [0.1, 0.15) is 0 Å². The van der Waals surface area contributed by atoms with Crippen molar-refractivity contribution < 1.29 is 8.42 Å². The fraction of sp³-hybridized carbons (Fsp3) is 0.647. The molecule has 2 unspecified atom stereocenters. The second-order valence-corrected chi connectivity index (χ2v) is 8.93. The summed E-state index contributed by atoms with van der Waals surface area (Å²) >= 11 is 0. The second-order valence-electron chi connectivity index (χ2n) is 6.52. The van der Waals surface area contributed by atoms with Crippen LogP contribution < -0.4 is 10.6 Å². The highest BCUT2D eigenvalue weighted by molar-refractivity contribution is 7.91. The van der Waals surface area contributed by atoms with Crippen LogP contribution in [0.5, 0.6) is 0 Å². The molecule has 0 saturated carbocycles. The zero-order valence-electron chi connectivity index (χ0n) is 14.2. The first kappa shape index (κ1) is 20.4. The Morgan fingerprint density at radius 2 is 1.78 bits per heavy atom. The van der Waals surface area contributed by atoms with E-state index in [-0.39, 0.29) is 18.4 Å². The van der Waals surface area contributed by atoms with Crippen LogP contribution in [0.2, 0.25) is 0 Å². The minimum Gasteiger partial charge on any atom is -0.317 e. The number of nitrogens with one attached hydrogen (secondary N) is 2. The molecule has 0 aliphatic carbocycles. The zero-order chi connectivity index (χ0) is 16.2. The van der Waals surface area contributed by atoms with Crippen molar-refractivity contribution in [3.05, 3.63) is 35.4 Å². The first-order valence-corrected chi connectivity index (χ1v) is 10.0. The predicted octanol–water partition coefficient (Wildman–Crippen LogP) is 2.48. The average Bonchev–Trinajstić information content (AvgIpc) is 2.49. The van der Waals surface area contributed by atoms with Gasteiger partial charge < -0.3 is 10.6 Å². The molecule has 1 saturated heterocycles. The Bertz CT molecular complexity index is 569. The third-order valence-electron chi connectivity index (χ3n) is 4.67. The largest absolute Gasteiger partial charge is 0.317 e. The summed E-state index contributed by atoms with van der Waals surface area (Å²) in [5.74, 6) is 0.626. The number of hydrogen-bond acceptors (Lipinski definition) is 4. The van der Waals surface area contributed by atoms with Crippen LogP contribution in [0.3, 0.4) is 0 Å². The third kappa shape index (κ3) is 6.07. The lowest BCUT2D eigenvalue weighted by molar-refractivity contribution is 0.338. The van der Waals surface area contributed by atoms with Crippen molar-refractivity contribution >= 4 is 22.2 Å². The zero-order valence-corrected chi connectivity index (χ0v) is 15.8. The standard InChI is InChI=1S/C17H28N2O2S.ClH/c1-13-4-6-16(7-5-13)17(14(2)22(3,20)21)19-12-15-8-10-18-11-9-15;/h4-7,14-15,17-19H,8-12H2,1-3H3;1H. The SMILES string of the molecule is Cc1ccc(C(NCC2CCNCC2)C(C)S(C)(=O)=O)cc1.Cl. The van der Waals surface area contributed by atoms with Crippen molar-refractivity contribution in [2.24, 2.45) is 5.92 Å². The molecule has 2 rings (SSSR count). The van der Waals surface area contributed by atoms with Crippen LogP contribution in [0.1, 0.15) is 36.9 Å². The molecule has 1 heterocycles. The summed E-state index contributed by atoms with van der Waals surface area (Å²) in [7, 11) is -3.09. The molecule has 0 amide bonds. The summed E-state index contributed by atoms with van der Waals surface area (Å²) < 4.78 is 24.0. The van der Waals surface area contributed by atoms with E-state index in [0.717, 1.165) is 38.0 Å². The highest BCUT2D eigenvalue weighted by atomic mass is 35.5. The van der Waals surface area contributed by atoms with Crippen molar-refractivity contribution in [2.75, 3.05) is 25.9 Å². The molecule has 0 radical (unpaired) electrons. The molecule has 1 aliphatic rings. The van der Waals surface area contributed by atoms with Gasteiger partial charge in [0, 0.05) is 12.3 Å². The summed E-state index contributed by atoms with van der Waals surface area (Å²) in [6.07, 6.45) is 3.63. The molecule has 4 nitrogen and oxygen atoms in total. The van der Waals surface area contributed by atoms with Gasteiger partial charge in [0.25, 0.3) is 0 Å². The molecule has 1 fully saturated rings. The maximum absolute atomic E-state index is 12.0. The van der Waals surface area contributed by atoms with Crippen LogP contribution in [0.25, 0.3) is 0 Å². The molecule has 132 valence electrons. The number of sulfone groups is 1. The predicted molar refractivity (Wildman–Crippen MR) is 99.1 cm³/mol. The molecule has 1 aliphatic heterocycles. The molecular formula is C17H29ClN2O2S. The van der Waals surface area contributed by atoms with E-state index in [1.807, 2.05) is 31.2 Å². The summed E-state index contributed by atoms with van der Waals surface area (Å²) in [5, 5.41) is 6.45. The van der Waals surface area contributed by atoms with Gasteiger partial charge in [-0.1, -0.05) is 29.8 Å². The van der Waals surface area contributed by atoms with E-state index < -0.39 is 15.1 Å². The normalized spacial score (nSPS) is 18.9. The van der Waals surface area contributed by atoms with E-state index in [9.17, 15) is 8.42 Å². The monoisotopic (exact) mass is 360 g/mol. The fourth-order valence-electron chi connectivity index (χ4n) is 2.96. The minimum absolute atomic E-state index is 0. The Balaban J connectivity index is 0.00000264. The first-order chi connectivity index (χ1) is 10.4. The van der Waals surface area contributed by atoms with E-state index >= 15 is 0 Å². The smallest absolute Gasteiger partial charge is 0.151 e. The van der Waals surface area contributed by atoms with E-state index in [2.05, 4.69) is 10.6 Å². The molecule has 2 N–H and O–H groups in total. The summed E-state index contributed by atoms with van der Waals surface area (Å²) in [5.41, 5.74) is 2.24. The number of halogens is 1. The Morgan fingerprint density at radius 1 is 1.22 bits per heavy atom. The van der Waals surface area contributed by atoms with Crippen LogP contribution in [0.15, 0.2) is 24.3 Å². The number of hydrogen-bond donors (Lipinski definition) is 2. The quantitative estimate of drug-likeness (QED) is 0.818. The van der Waals surface area contributed by atoms with E-state index in [0.29, 0.717) is 5.92 Å². The van der Waals surface area contributed by atoms with Crippen molar-refractivity contribution in [2.45, 2.75) is 38.0 Å². The van der Waals surface area contributed by atoms with Gasteiger partial charge in [-0.15, -0.1) is 12.4 Å². The van der Waals surface area contributed by atoms with Gasteiger partial charge in [0.05, 0.1) is 5.25 Å². The van der Waals surface area contributed by atoms with Crippen molar-refractivity contribution in [3.63, 3.8) is 0 Å². The van der Waals surface area contributed by atoms with Crippen LogP contribution in [-0.4, -0.2) is 39.6 Å². The Labute approximate surface area is 146 Å². The van der Waals surface area contributed by atoms with Crippen molar-refractivity contribution in [1.82, 2.24) is 10.6 Å². The van der Waals surface area contributed by atoms with E-state index in [1.54, 1.807) is 6.92 Å². The molecule has 1 aromatic rings. The lowest BCUT2D eigenvalue weighted by Crippen LogP contribution is -2.40. The van der Waals surface area contributed by atoms with Gasteiger partial charge >= 0.3 is 0 Å². The van der Waals surface area contributed by atoms with Crippen LogP contribution >= 0.6 is 12.4 Å². The van der Waals surface area contributed by atoms with E-state index in [1.165, 1.54) is 11.8 Å². The van der Waals surface area contributed by atoms with Gasteiger partial charge in [-0.2, -0.15) is 0 Å². The van der Waals surface area contributed by atoms with Gasteiger partial charge in [-0.3, -0.25) is 0 Å². The van der Waals surface area contributed by atoms with Crippen LogP contribution in [0.4, 0.5) is 0 Å². The highest BCUT2D eigenvalue weighted by Crippen LogP contribution is 2.23. The number of aryl methyl sites for hydroxylation is 1. The molecule has 0 aromatic heterocycles. The van der Waals surface area contributed by atoms with Crippen LogP contribution in [-0.2, 0) is 9.84 Å². The molecule has 1 aromatic carbocycles. The van der Waals surface area contributed by atoms with E-state index in [4.69, 9.17) is 0 Å². The number of benzene rings is 1. The average molecular weight is 361 g/mol. The van der Waals surface area contributed by atoms with Gasteiger partial charge in [0.2, 0.25) is 0 Å². The Hall–Kier alpha value is -0.620. The minimum atomic E-state index is -3.09. The van der Waals surface area contributed by atoms with Crippen molar-refractivity contribution in [3.8, 4) is 0 Å². The number of piperidine rings is 1. The molecule has 0 spiro atoms. The maximum atomic E-state index is 12.0. The third-order valence-corrected chi connectivity index (χ3v) is 6.29. The van der Waals surface area contributed by atoms with Gasteiger partial charge in [0.15, 0.2) is 9.84 Å². The molecule has 0 bridgehead atoms. The Kier molecular flexibility index (Phi) is 8.01. The second kappa shape index (κ2) is 9.02. The lowest BCUT2D eigenvalue weighted by Gasteiger charge is -2.29. The summed E-state index contributed by atoms with van der Waals surface area (Å²) in [4.78, 5) is 0. The fourth-order valence-corrected chi connectivity index (χ4v) is 3.70. The summed E-state index contributed by atoms with van der Waals surface area (Å²) in [6.45, 7) is 6.84. The highest BCUT2D eigenvalue weighted by Gasteiger charge is 2.28. The van der Waals surface area contributed by atoms with Gasteiger partial charge in [-0.05, 0) is 57.8 Å². The number of rotatable bonds is 6. The molecule has 23 heavy (non-hydrogen) atoms. The van der Waals surface area contributed by atoms with Gasteiger partial charge in [-0.25, -0.2) is 8.42 Å². The van der Waals surface area contributed by atoms with Crippen molar-refractivity contribution in [1.29, 1.82) is 0 Å². The lowest BCUT2D eigenvalue weighted by atomic mass is 9.96. The molecular weight excluding hydrogens is 332 g/mol. The maximum Gasteiger partial charge on any atom is 0.151 e.